The molecule has 2 aliphatic heterocycles. The average Bonchev–Trinajstić information content (AvgIpc) is 1.65. The molecule has 78 heavy (non-hydrogen) atoms. The smallest absolute Gasteiger partial charge is 0.656 e. The van der Waals surface area contributed by atoms with Crippen molar-refractivity contribution in [3.63, 3.8) is 0 Å². The van der Waals surface area contributed by atoms with Crippen LogP contribution in [0.1, 0.15) is 29.0 Å². The van der Waals surface area contributed by atoms with Crippen LogP contribution in [0.25, 0.3) is 165 Å². The second-order valence-electron chi connectivity index (χ2n) is 20.1. The third-order valence-electron chi connectivity index (χ3n) is 15.6. The van der Waals surface area contributed by atoms with Crippen molar-refractivity contribution in [1.29, 1.82) is 0 Å². The number of hydrogen-bond donors (Lipinski definition) is 0. The van der Waals surface area contributed by atoms with Crippen molar-refractivity contribution < 1.29 is 33.4 Å². The van der Waals surface area contributed by atoms with Gasteiger partial charge in [-0.05, 0) is 173 Å². The normalized spacial score (nSPS) is 14.1. The molecule has 368 valence electrons. The zero-order valence-electron chi connectivity index (χ0n) is 50.3. The fourth-order valence-corrected chi connectivity index (χ4v) is 11.9. The summed E-state index contributed by atoms with van der Waals surface area (Å²) in [6, 6.07) is 70.6. The van der Waals surface area contributed by atoms with E-state index in [0.717, 1.165) is 86.9 Å². The first-order chi connectivity index (χ1) is 41.5. The van der Waals surface area contributed by atoms with E-state index in [4.69, 9.17) is 37.3 Å². The van der Waals surface area contributed by atoms with E-state index >= 15 is 0 Å². The maximum Gasteiger partial charge on any atom is 2.00 e. The summed E-state index contributed by atoms with van der Waals surface area (Å²) in [5.41, 5.74) is 11.3. The molecule has 6 heteroatoms. The predicted molar refractivity (Wildman–Crippen MR) is 321 cm³/mol. The average molecular weight is 1180 g/mol. The molecule has 0 radical (unpaired) electrons. The quantitative estimate of drug-likeness (QED) is 0.176. The van der Waals surface area contributed by atoms with Gasteiger partial charge in [-0.1, -0.05) is 187 Å². The molecule has 0 saturated carbocycles. The molecule has 0 amide bonds. The second kappa shape index (κ2) is 17.6. The number of aryl methyl sites for hydroxylation is 3. The molecular formula is C72H45N5Pt. The van der Waals surface area contributed by atoms with Crippen molar-refractivity contribution in [3.8, 4) is 78.5 Å². The zero-order chi connectivity index (χ0) is 58.5. The van der Waals surface area contributed by atoms with Crippen LogP contribution in [-0.4, -0.2) is 15.0 Å². The number of hydrogen-bond acceptors (Lipinski definition) is 3. The Hall–Kier alpha value is -9.28. The third-order valence-corrected chi connectivity index (χ3v) is 15.6. The van der Waals surface area contributed by atoms with Gasteiger partial charge >= 0.3 is 21.1 Å². The van der Waals surface area contributed by atoms with Gasteiger partial charge in [0, 0.05) is 40.2 Å². The molecule has 0 N–H and O–H groups in total. The molecule has 3 aromatic heterocycles. The number of aromatic nitrogens is 5. The summed E-state index contributed by atoms with van der Waals surface area (Å²) in [7, 11) is 0. The van der Waals surface area contributed by atoms with Gasteiger partial charge in [0.25, 0.3) is 0 Å². The van der Waals surface area contributed by atoms with Gasteiger partial charge in [0.2, 0.25) is 0 Å². The number of fused-ring (bicyclic) bond motifs is 24. The minimum absolute atomic E-state index is 0. The maximum atomic E-state index is 8.48. The Morgan fingerprint density at radius 2 is 0.615 bits per heavy atom. The summed E-state index contributed by atoms with van der Waals surface area (Å²) in [5, 5.41) is 10.8. The Bertz CT molecular complexity index is 5360. The van der Waals surface area contributed by atoms with Crippen LogP contribution in [0.3, 0.4) is 0 Å². The first kappa shape index (κ1) is 37.5. The van der Waals surface area contributed by atoms with E-state index in [2.05, 4.69) is 97.1 Å². The first-order valence-electron chi connectivity index (χ1n) is 30.1. The fraction of sp³-hybridized carbons (Fsp3) is 0.0417. The molecule has 0 aliphatic carbocycles. The van der Waals surface area contributed by atoms with Crippen molar-refractivity contribution in [3.05, 3.63) is 235 Å². The van der Waals surface area contributed by atoms with Crippen molar-refractivity contribution in [2.24, 2.45) is 0 Å². The largest absolute Gasteiger partial charge is 2.00 e. The third kappa shape index (κ3) is 7.15. The van der Waals surface area contributed by atoms with Gasteiger partial charge in [-0.2, -0.15) is 0 Å². The molecule has 0 saturated heterocycles. The summed E-state index contributed by atoms with van der Waals surface area (Å²) in [5.74, 6) is 0.404. The Labute approximate surface area is 476 Å². The van der Waals surface area contributed by atoms with Gasteiger partial charge in [0.15, 0.2) is 0 Å². The minimum atomic E-state index is -2.40. The van der Waals surface area contributed by atoms with Crippen LogP contribution >= 0.6 is 0 Å². The van der Waals surface area contributed by atoms with Crippen LogP contribution in [0.15, 0.2) is 218 Å². The van der Waals surface area contributed by atoms with Crippen LogP contribution in [0.2, 0.25) is 0 Å². The van der Waals surface area contributed by atoms with Crippen LogP contribution in [0.5, 0.6) is 0 Å². The maximum absolute atomic E-state index is 8.48. The van der Waals surface area contributed by atoms with Gasteiger partial charge in [-0.3, -0.25) is 4.98 Å². The summed E-state index contributed by atoms with van der Waals surface area (Å²) in [4.78, 5) is 28.7. The Morgan fingerprint density at radius 3 is 1.00 bits per heavy atom. The first-order valence-corrected chi connectivity index (χ1v) is 25.6. The molecule has 16 rings (SSSR count). The van der Waals surface area contributed by atoms with Crippen LogP contribution in [0.4, 0.5) is 0 Å². The van der Waals surface area contributed by atoms with E-state index in [1.807, 2.05) is 84.9 Å². The molecular weight excluding hydrogens is 1130 g/mol. The van der Waals surface area contributed by atoms with Crippen LogP contribution in [-0.2, 0) is 21.1 Å². The van der Waals surface area contributed by atoms with E-state index in [-0.39, 0.29) is 37.8 Å². The monoisotopic (exact) mass is 1180 g/mol. The fourth-order valence-electron chi connectivity index (χ4n) is 11.9. The van der Waals surface area contributed by atoms with Gasteiger partial charge in [0.1, 0.15) is 0 Å². The van der Waals surface area contributed by atoms with Crippen molar-refractivity contribution in [2.75, 3.05) is 0 Å². The summed E-state index contributed by atoms with van der Waals surface area (Å²) in [6.07, 6.45) is 0. The van der Waals surface area contributed by atoms with E-state index in [9.17, 15) is 0 Å². The Morgan fingerprint density at radius 1 is 0.308 bits per heavy atom. The molecule has 0 spiro atoms. The van der Waals surface area contributed by atoms with Gasteiger partial charge in [-0.25, -0.2) is 4.98 Å². The number of nitrogens with zero attached hydrogens (tertiary/aromatic N) is 5. The van der Waals surface area contributed by atoms with Crippen molar-refractivity contribution in [1.82, 2.24) is 24.9 Å². The van der Waals surface area contributed by atoms with Gasteiger partial charge in [-0.15, -0.1) is 11.0 Å². The van der Waals surface area contributed by atoms with Crippen LogP contribution in [0, 0.1) is 20.6 Å². The standard InChI is InChI=1S/C72H45N5.Pt/c1-40-20-26-43(27-21-40)62-65-54-32-46-12-4-6-14-48(46)34-56(54)67(73-65)63(44-28-22-41(2)23-29-44)69-58-36-50-16-8-10-18-52(50)38-60(58)71(75-69)77-72-61-39-53-19-11-9-17-51(53)37-59(61)70(76-72)64(45-30-24-42(3)25-31-45)68-57-35-49-15-7-5-13-47(49)33-55(57)66(62)74-68;/h4-39H,1-3H3;/q-2;+2/i1D3,2D3,3D3;. The molecule has 8 bridgehead atoms. The van der Waals surface area contributed by atoms with E-state index < -0.39 is 20.6 Å². The molecule has 5 nitrogen and oxygen atoms in total. The summed E-state index contributed by atoms with van der Waals surface area (Å²) >= 11 is 0. The van der Waals surface area contributed by atoms with E-state index in [1.54, 1.807) is 36.4 Å². The molecule has 14 aromatic rings. The molecule has 0 unspecified atom stereocenters. The zero-order valence-corrected chi connectivity index (χ0v) is 43.6. The Balaban J connectivity index is 0.00000638. The van der Waals surface area contributed by atoms with Crippen molar-refractivity contribution >= 4 is 86.8 Å². The molecule has 0 atom stereocenters. The van der Waals surface area contributed by atoms with Crippen LogP contribution < -0.4 is 9.97 Å². The van der Waals surface area contributed by atoms with Gasteiger partial charge in [0.05, 0.1) is 22.9 Å². The van der Waals surface area contributed by atoms with Crippen molar-refractivity contribution in [2.45, 2.75) is 20.6 Å². The van der Waals surface area contributed by atoms with E-state index in [0.29, 0.717) is 78.5 Å². The van der Waals surface area contributed by atoms with E-state index in [1.165, 1.54) is 0 Å². The second-order valence-corrected chi connectivity index (χ2v) is 20.1. The molecule has 11 aromatic carbocycles. The predicted octanol–water partition coefficient (Wildman–Crippen LogP) is 18.5. The molecule has 0 fully saturated rings. The number of benzene rings is 11. The minimum Gasteiger partial charge on any atom is -0.656 e. The SMILES string of the molecule is [2H]C([2H])([2H])c1ccc(-c2c3nc(c(-c4ccc(C([2H])([2H])[2H])cc4)c4[n-]c(c(-c5ccc(C([2H])([2H])[2H])cc5)c5nc(nc6[n-]c2c2cc7ccccc7cc62)-c2cc6ccccc6cc2-5)c2cc5ccccc5cc42)-c2cc4ccccc4cc2-3)cc1.[Pt+2]. The van der Waals surface area contributed by atoms with Gasteiger partial charge < -0.3 is 15.0 Å². The summed E-state index contributed by atoms with van der Waals surface area (Å²) in [6.45, 7) is -7.16. The Kier molecular flexibility index (Phi) is 8.47. The molecule has 5 heterocycles. The summed E-state index contributed by atoms with van der Waals surface area (Å²) < 4.78 is 76.0. The topological polar surface area (TPSA) is 66.9 Å². The molecule has 2 aliphatic rings. The number of rotatable bonds is 3.